The second kappa shape index (κ2) is 6.90. The van der Waals surface area contributed by atoms with Crippen LogP contribution in [0.2, 0.25) is 0 Å². The average molecular weight is 331 g/mol. The van der Waals surface area contributed by atoms with Crippen LogP contribution in [0.3, 0.4) is 0 Å². The van der Waals surface area contributed by atoms with Gasteiger partial charge in [0.25, 0.3) is 11.6 Å². The third-order valence-electron chi connectivity index (χ3n) is 3.50. The van der Waals surface area contributed by atoms with Crippen LogP contribution in [0.25, 0.3) is 0 Å². The van der Waals surface area contributed by atoms with Crippen molar-refractivity contribution in [3.8, 4) is 0 Å². The topological polar surface area (TPSA) is 119 Å². The van der Waals surface area contributed by atoms with Crippen LogP contribution in [0.5, 0.6) is 0 Å². The van der Waals surface area contributed by atoms with E-state index in [1.54, 1.807) is 18.7 Å². The number of aromatic nitrogens is 2. The van der Waals surface area contributed by atoms with Crippen LogP contribution in [-0.2, 0) is 11.8 Å². The van der Waals surface area contributed by atoms with Crippen molar-refractivity contribution in [3.63, 3.8) is 0 Å². The van der Waals surface area contributed by atoms with Crippen LogP contribution in [-0.4, -0.2) is 33.1 Å². The Kier molecular flexibility index (Phi) is 4.93. The number of aryl methyl sites for hydroxylation is 2. The molecule has 1 aromatic heterocycles. The summed E-state index contributed by atoms with van der Waals surface area (Å²) in [4.78, 5) is 34.1. The summed E-state index contributed by atoms with van der Waals surface area (Å²) in [6, 6.07) is 5.30. The zero-order chi connectivity index (χ0) is 17.9. The molecular formula is C15H17N5O4. The lowest BCUT2D eigenvalue weighted by Crippen LogP contribution is -2.33. The predicted octanol–water partition coefficient (Wildman–Crippen LogP) is 1.31. The molecule has 0 aliphatic carbocycles. The predicted molar refractivity (Wildman–Crippen MR) is 86.7 cm³/mol. The van der Waals surface area contributed by atoms with Gasteiger partial charge in [0.2, 0.25) is 5.91 Å². The van der Waals surface area contributed by atoms with Gasteiger partial charge in [0.15, 0.2) is 0 Å². The fourth-order valence-electron chi connectivity index (χ4n) is 2.16. The number of hydrogen-bond donors (Lipinski definition) is 2. The van der Waals surface area contributed by atoms with Crippen LogP contribution < -0.4 is 10.6 Å². The molecule has 0 saturated heterocycles. The largest absolute Gasteiger partial charge is 0.343 e. The Balaban J connectivity index is 1.97. The second-order valence-corrected chi connectivity index (χ2v) is 5.21. The highest BCUT2D eigenvalue weighted by molar-refractivity contribution is 6.00. The minimum atomic E-state index is -0.586. The molecule has 0 saturated carbocycles. The first-order valence-corrected chi connectivity index (χ1v) is 7.12. The number of nitrogens with one attached hydrogen (secondary N) is 2. The Bertz CT molecular complexity index is 812. The Hall–Kier alpha value is -3.23. The first-order chi connectivity index (χ1) is 11.3. The summed E-state index contributed by atoms with van der Waals surface area (Å²) >= 11 is 0. The number of anilines is 1. The molecule has 0 aliphatic heterocycles. The Morgan fingerprint density at radius 1 is 1.33 bits per heavy atom. The maximum atomic E-state index is 12.0. The van der Waals surface area contributed by atoms with Crippen molar-refractivity contribution in [3.05, 3.63) is 51.3 Å². The molecule has 0 spiro atoms. The zero-order valence-electron chi connectivity index (χ0n) is 13.5. The van der Waals surface area contributed by atoms with E-state index >= 15 is 0 Å². The minimum absolute atomic E-state index is 0.116. The number of benzene rings is 1. The molecule has 2 rings (SSSR count). The maximum Gasteiger partial charge on any atom is 0.270 e. The summed E-state index contributed by atoms with van der Waals surface area (Å²) in [6.07, 6.45) is 0. The van der Waals surface area contributed by atoms with Gasteiger partial charge < -0.3 is 10.6 Å². The van der Waals surface area contributed by atoms with Gasteiger partial charge in [-0.3, -0.25) is 24.4 Å². The standard InChI is InChI=1S/C15H17N5O4/c1-9-14(10(2)19(3)18-9)17-13(21)8-16-15(22)11-5-4-6-12(7-11)20(23)24/h4-7H,8H2,1-3H3,(H,16,22)(H,17,21). The van der Waals surface area contributed by atoms with Crippen LogP contribution in [0.15, 0.2) is 24.3 Å². The number of hydrogen-bond acceptors (Lipinski definition) is 5. The normalized spacial score (nSPS) is 10.3. The molecule has 9 heteroatoms. The Labute approximate surface area is 137 Å². The molecule has 2 aromatic rings. The highest BCUT2D eigenvalue weighted by Crippen LogP contribution is 2.18. The second-order valence-electron chi connectivity index (χ2n) is 5.21. The van der Waals surface area contributed by atoms with E-state index in [0.29, 0.717) is 11.4 Å². The summed E-state index contributed by atoms with van der Waals surface area (Å²) in [6.45, 7) is 3.33. The van der Waals surface area contributed by atoms with Crippen molar-refractivity contribution in [1.29, 1.82) is 0 Å². The number of nitro benzene ring substituents is 1. The fourth-order valence-corrected chi connectivity index (χ4v) is 2.16. The highest BCUT2D eigenvalue weighted by atomic mass is 16.6. The molecule has 2 amide bonds. The van der Waals surface area contributed by atoms with Crippen LogP contribution in [0.4, 0.5) is 11.4 Å². The van der Waals surface area contributed by atoms with Gasteiger partial charge in [-0.25, -0.2) is 0 Å². The lowest BCUT2D eigenvalue weighted by molar-refractivity contribution is -0.384. The molecule has 1 heterocycles. The molecule has 0 fully saturated rings. The van der Waals surface area contributed by atoms with E-state index in [1.165, 1.54) is 18.2 Å². The number of non-ortho nitro benzene ring substituents is 1. The molecule has 24 heavy (non-hydrogen) atoms. The van der Waals surface area contributed by atoms with Gasteiger partial charge in [-0.1, -0.05) is 6.07 Å². The number of carbonyl (C=O) groups excluding carboxylic acids is 2. The molecule has 126 valence electrons. The van der Waals surface area contributed by atoms with Gasteiger partial charge in [0, 0.05) is 24.7 Å². The van der Waals surface area contributed by atoms with E-state index in [9.17, 15) is 19.7 Å². The number of rotatable bonds is 5. The van der Waals surface area contributed by atoms with Crippen molar-refractivity contribution in [1.82, 2.24) is 15.1 Å². The molecule has 1 aromatic carbocycles. The van der Waals surface area contributed by atoms with E-state index < -0.39 is 16.7 Å². The number of nitrogens with zero attached hydrogens (tertiary/aromatic N) is 3. The van der Waals surface area contributed by atoms with Gasteiger partial charge in [0.05, 0.1) is 28.5 Å². The number of carbonyl (C=O) groups is 2. The van der Waals surface area contributed by atoms with Crippen molar-refractivity contribution < 1.29 is 14.5 Å². The van der Waals surface area contributed by atoms with Gasteiger partial charge in [0.1, 0.15) is 0 Å². The van der Waals surface area contributed by atoms with Gasteiger partial charge in [-0.15, -0.1) is 0 Å². The van der Waals surface area contributed by atoms with Gasteiger partial charge >= 0.3 is 0 Å². The molecule has 9 nitrogen and oxygen atoms in total. The Morgan fingerprint density at radius 3 is 2.62 bits per heavy atom. The average Bonchev–Trinajstić information content (AvgIpc) is 2.79. The number of nitro groups is 1. The lowest BCUT2D eigenvalue weighted by Gasteiger charge is -2.07. The highest BCUT2D eigenvalue weighted by Gasteiger charge is 2.15. The summed E-state index contributed by atoms with van der Waals surface area (Å²) in [7, 11) is 1.77. The SMILES string of the molecule is Cc1nn(C)c(C)c1NC(=O)CNC(=O)c1cccc([N+](=O)[O-])c1. The summed E-state index contributed by atoms with van der Waals surface area (Å²) < 4.78 is 1.65. The van der Waals surface area contributed by atoms with E-state index in [-0.39, 0.29) is 17.8 Å². The molecule has 2 N–H and O–H groups in total. The lowest BCUT2D eigenvalue weighted by atomic mass is 10.2. The van der Waals surface area contributed by atoms with Crippen molar-refractivity contribution >= 4 is 23.2 Å². The maximum absolute atomic E-state index is 12.0. The molecule has 0 atom stereocenters. The minimum Gasteiger partial charge on any atom is -0.343 e. The van der Waals surface area contributed by atoms with E-state index in [0.717, 1.165) is 11.8 Å². The summed E-state index contributed by atoms with van der Waals surface area (Å²) in [5.74, 6) is -0.971. The smallest absolute Gasteiger partial charge is 0.270 e. The number of amides is 2. The van der Waals surface area contributed by atoms with E-state index in [2.05, 4.69) is 15.7 Å². The van der Waals surface area contributed by atoms with Crippen molar-refractivity contribution in [2.45, 2.75) is 13.8 Å². The third-order valence-corrected chi connectivity index (χ3v) is 3.50. The van der Waals surface area contributed by atoms with Crippen LogP contribution in [0.1, 0.15) is 21.7 Å². The molecule has 0 bridgehead atoms. The molecule has 0 unspecified atom stereocenters. The van der Waals surface area contributed by atoms with Crippen LogP contribution in [0, 0.1) is 24.0 Å². The van der Waals surface area contributed by atoms with E-state index in [1.807, 2.05) is 6.92 Å². The fraction of sp³-hybridized carbons (Fsp3) is 0.267. The monoisotopic (exact) mass is 331 g/mol. The zero-order valence-corrected chi connectivity index (χ0v) is 13.5. The van der Waals surface area contributed by atoms with Gasteiger partial charge in [-0.05, 0) is 19.9 Å². The Morgan fingerprint density at radius 2 is 2.04 bits per heavy atom. The van der Waals surface area contributed by atoms with Gasteiger partial charge in [-0.2, -0.15) is 5.10 Å². The first kappa shape index (κ1) is 17.1. The molecule has 0 aliphatic rings. The van der Waals surface area contributed by atoms with Crippen molar-refractivity contribution in [2.75, 3.05) is 11.9 Å². The quantitative estimate of drug-likeness (QED) is 0.632. The summed E-state index contributed by atoms with van der Waals surface area (Å²) in [5.41, 5.74) is 2.01. The van der Waals surface area contributed by atoms with Crippen molar-refractivity contribution in [2.24, 2.45) is 7.05 Å². The molecule has 0 radical (unpaired) electrons. The first-order valence-electron chi connectivity index (χ1n) is 7.12. The van der Waals surface area contributed by atoms with Crippen LogP contribution >= 0.6 is 0 Å². The molecular weight excluding hydrogens is 314 g/mol. The van der Waals surface area contributed by atoms with E-state index in [4.69, 9.17) is 0 Å². The summed E-state index contributed by atoms with van der Waals surface area (Å²) in [5, 5.41) is 20.0. The third kappa shape index (κ3) is 3.75.